The van der Waals surface area contributed by atoms with Crippen LogP contribution in [-0.4, -0.2) is 32.9 Å². The number of ether oxygens (including phenoxy) is 2. The molecule has 1 aliphatic heterocycles. The Labute approximate surface area is 160 Å². The normalized spacial score (nSPS) is 17.4. The van der Waals surface area contributed by atoms with Crippen LogP contribution in [0.3, 0.4) is 0 Å². The average molecular weight is 387 g/mol. The monoisotopic (exact) mass is 387 g/mol. The lowest BCUT2D eigenvalue weighted by Crippen LogP contribution is -2.26. The Morgan fingerprint density at radius 1 is 1.18 bits per heavy atom. The van der Waals surface area contributed by atoms with Crippen LogP contribution in [0, 0.1) is 0 Å². The minimum atomic E-state index is -2.81. The molecule has 4 rings (SSSR count). The summed E-state index contributed by atoms with van der Waals surface area (Å²) in [6.07, 6.45) is -0.331. The quantitative estimate of drug-likeness (QED) is 0.669. The van der Waals surface area contributed by atoms with Crippen LogP contribution in [0.4, 0.5) is 8.78 Å². The lowest BCUT2D eigenvalue weighted by molar-refractivity contribution is -0.105. The summed E-state index contributed by atoms with van der Waals surface area (Å²) in [7, 11) is 0. The minimum absolute atomic E-state index is 0.0331. The maximum absolute atomic E-state index is 12.5. The van der Waals surface area contributed by atoms with Gasteiger partial charge in [0.2, 0.25) is 0 Å². The molecule has 28 heavy (non-hydrogen) atoms. The van der Waals surface area contributed by atoms with E-state index < -0.39 is 12.5 Å². The first kappa shape index (κ1) is 18.5. The van der Waals surface area contributed by atoms with Crippen molar-refractivity contribution in [3.63, 3.8) is 0 Å². The topological polar surface area (TPSA) is 69.4 Å². The van der Waals surface area contributed by atoms with E-state index in [4.69, 9.17) is 9.47 Å². The molecule has 8 heteroatoms. The van der Waals surface area contributed by atoms with Gasteiger partial charge < -0.3 is 14.6 Å². The summed E-state index contributed by atoms with van der Waals surface area (Å²) in [4.78, 5) is 4.43. The third-order valence-electron chi connectivity index (χ3n) is 4.58. The van der Waals surface area contributed by atoms with Crippen molar-refractivity contribution in [1.29, 1.82) is 0 Å². The van der Waals surface area contributed by atoms with Crippen molar-refractivity contribution in [1.82, 2.24) is 14.8 Å². The van der Waals surface area contributed by atoms with E-state index in [0.29, 0.717) is 5.75 Å². The molecule has 6 nitrogen and oxygen atoms in total. The Hall–Kier alpha value is -2.84. The van der Waals surface area contributed by atoms with Crippen molar-refractivity contribution in [3.05, 3.63) is 66.0 Å². The third kappa shape index (κ3) is 3.88. The van der Waals surface area contributed by atoms with E-state index in [-0.39, 0.29) is 18.4 Å². The highest BCUT2D eigenvalue weighted by Crippen LogP contribution is 2.29. The highest BCUT2D eigenvalue weighted by molar-refractivity contribution is 5.54. The Morgan fingerprint density at radius 3 is 2.57 bits per heavy atom. The molecule has 0 radical (unpaired) electrons. The molecule has 1 aromatic carbocycles. The van der Waals surface area contributed by atoms with Crippen LogP contribution in [0.5, 0.6) is 5.75 Å². The highest BCUT2D eigenvalue weighted by atomic mass is 19.3. The predicted molar refractivity (Wildman–Crippen MR) is 96.8 cm³/mol. The summed E-state index contributed by atoms with van der Waals surface area (Å²) < 4.78 is 38.0. The Morgan fingerprint density at radius 2 is 1.96 bits per heavy atom. The number of pyridine rings is 1. The Kier molecular flexibility index (Phi) is 5.31. The van der Waals surface area contributed by atoms with Crippen molar-refractivity contribution in [2.45, 2.75) is 31.8 Å². The van der Waals surface area contributed by atoms with Gasteiger partial charge in [-0.15, -0.1) is 0 Å². The zero-order valence-electron chi connectivity index (χ0n) is 14.9. The van der Waals surface area contributed by atoms with E-state index in [1.54, 1.807) is 24.5 Å². The van der Waals surface area contributed by atoms with Crippen molar-refractivity contribution < 1.29 is 23.4 Å². The molecule has 0 spiro atoms. The summed E-state index contributed by atoms with van der Waals surface area (Å²) in [5.41, 5.74) is 2.63. The Bertz CT molecular complexity index is 909. The molecule has 3 aromatic rings. The number of benzene rings is 1. The molecular weight excluding hydrogens is 368 g/mol. The van der Waals surface area contributed by atoms with Crippen molar-refractivity contribution in [2.75, 3.05) is 6.61 Å². The molecule has 1 N–H and O–H groups in total. The number of hydrogen-bond donors (Lipinski definition) is 1. The molecular formula is C20H19F2N3O3. The smallest absolute Gasteiger partial charge is 0.268 e. The van der Waals surface area contributed by atoms with Gasteiger partial charge in [-0.1, -0.05) is 24.3 Å². The van der Waals surface area contributed by atoms with Crippen molar-refractivity contribution in [3.8, 4) is 17.1 Å². The summed E-state index contributed by atoms with van der Waals surface area (Å²) >= 11 is 0. The molecule has 146 valence electrons. The second kappa shape index (κ2) is 8.04. The minimum Gasteiger partial charge on any atom is -0.487 e. The van der Waals surface area contributed by atoms with Crippen LogP contribution in [0.15, 0.2) is 54.9 Å². The van der Waals surface area contributed by atoms with Gasteiger partial charge in [0.1, 0.15) is 18.5 Å². The number of alkyl halides is 2. The SMILES string of the molecule is OC(c1ccc(COc2ccc(-c3ccnn3C3CCO3)nc2)cc1)C(F)F. The zero-order chi connectivity index (χ0) is 19.5. The van der Waals surface area contributed by atoms with Gasteiger partial charge in [-0.25, -0.2) is 13.5 Å². The lowest BCUT2D eigenvalue weighted by Gasteiger charge is -2.27. The molecule has 3 heterocycles. The first-order valence-corrected chi connectivity index (χ1v) is 8.91. The number of hydrogen-bond acceptors (Lipinski definition) is 5. The predicted octanol–water partition coefficient (Wildman–Crippen LogP) is 3.74. The van der Waals surface area contributed by atoms with Gasteiger partial charge in [-0.3, -0.25) is 4.98 Å². The van der Waals surface area contributed by atoms with Crippen LogP contribution in [0.25, 0.3) is 11.4 Å². The largest absolute Gasteiger partial charge is 0.487 e. The molecule has 2 unspecified atom stereocenters. The second-order valence-electron chi connectivity index (χ2n) is 6.46. The van der Waals surface area contributed by atoms with Gasteiger partial charge in [0.25, 0.3) is 6.43 Å². The standard InChI is InChI=1S/C20H19F2N3O3/c21-20(22)19(26)14-3-1-13(2-4-14)12-28-15-5-6-16(23-11-15)17-7-9-24-25(17)18-8-10-27-18/h1-7,9,11,18-20,26H,8,10,12H2. The van der Waals surface area contributed by atoms with Gasteiger partial charge in [-0.05, 0) is 29.3 Å². The first-order valence-electron chi connectivity index (χ1n) is 8.91. The van der Waals surface area contributed by atoms with Gasteiger partial charge >= 0.3 is 0 Å². The maximum atomic E-state index is 12.5. The van der Waals surface area contributed by atoms with Crippen molar-refractivity contribution >= 4 is 0 Å². The van der Waals surface area contributed by atoms with E-state index >= 15 is 0 Å². The average Bonchev–Trinajstić information content (AvgIpc) is 3.14. The number of aliphatic hydroxyl groups is 1. The lowest BCUT2D eigenvalue weighted by atomic mass is 10.1. The molecule has 1 saturated heterocycles. The fourth-order valence-corrected chi connectivity index (χ4v) is 2.90. The fraction of sp³-hybridized carbons (Fsp3) is 0.300. The van der Waals surface area contributed by atoms with E-state index in [2.05, 4.69) is 10.1 Å². The number of aliphatic hydroxyl groups excluding tert-OH is 1. The summed E-state index contributed by atoms with van der Waals surface area (Å²) in [6.45, 7) is 1.01. The number of rotatable bonds is 7. The molecule has 2 atom stereocenters. The first-order chi connectivity index (χ1) is 13.6. The number of halogens is 2. The molecule has 0 amide bonds. The van der Waals surface area contributed by atoms with Crippen LogP contribution >= 0.6 is 0 Å². The Balaban J connectivity index is 1.38. The fourth-order valence-electron chi connectivity index (χ4n) is 2.90. The molecule has 0 bridgehead atoms. The molecule has 0 aliphatic carbocycles. The summed E-state index contributed by atoms with van der Waals surface area (Å²) in [5, 5.41) is 13.7. The molecule has 2 aromatic heterocycles. The van der Waals surface area contributed by atoms with Gasteiger partial charge in [-0.2, -0.15) is 5.10 Å². The molecule has 0 saturated carbocycles. The summed E-state index contributed by atoms with van der Waals surface area (Å²) in [6, 6.07) is 11.8. The molecule has 1 aliphatic rings. The zero-order valence-corrected chi connectivity index (χ0v) is 14.9. The van der Waals surface area contributed by atoms with E-state index in [1.807, 2.05) is 22.9 Å². The maximum Gasteiger partial charge on any atom is 0.268 e. The number of nitrogens with zero attached hydrogens (tertiary/aromatic N) is 3. The summed E-state index contributed by atoms with van der Waals surface area (Å²) in [5.74, 6) is 0.589. The molecule has 1 fully saturated rings. The number of aromatic nitrogens is 3. The van der Waals surface area contributed by atoms with E-state index in [1.165, 1.54) is 12.1 Å². The van der Waals surface area contributed by atoms with E-state index in [0.717, 1.165) is 30.0 Å². The van der Waals surface area contributed by atoms with Crippen LogP contribution in [0.2, 0.25) is 0 Å². The highest BCUT2D eigenvalue weighted by Gasteiger charge is 2.23. The van der Waals surface area contributed by atoms with Crippen LogP contribution in [-0.2, 0) is 11.3 Å². The van der Waals surface area contributed by atoms with Gasteiger partial charge in [0, 0.05) is 12.6 Å². The second-order valence-corrected chi connectivity index (χ2v) is 6.46. The van der Waals surface area contributed by atoms with Gasteiger partial charge in [0.05, 0.1) is 24.2 Å². The van der Waals surface area contributed by atoms with Crippen LogP contribution < -0.4 is 4.74 Å². The van der Waals surface area contributed by atoms with Crippen molar-refractivity contribution in [2.24, 2.45) is 0 Å². The van der Waals surface area contributed by atoms with Crippen LogP contribution in [0.1, 0.15) is 29.9 Å². The van der Waals surface area contributed by atoms with Gasteiger partial charge in [0.15, 0.2) is 6.23 Å². The third-order valence-corrected chi connectivity index (χ3v) is 4.58. The van der Waals surface area contributed by atoms with E-state index in [9.17, 15) is 13.9 Å².